The minimum Gasteiger partial charge on any atom is -0.356 e. The molecule has 3 aliphatic rings. The summed E-state index contributed by atoms with van der Waals surface area (Å²) >= 11 is 6.73. The molecule has 0 aliphatic carbocycles. The zero-order valence-corrected chi connectivity index (χ0v) is 22.1. The van der Waals surface area contributed by atoms with Gasteiger partial charge in [0.2, 0.25) is 0 Å². The smallest absolute Gasteiger partial charge is 0.175 e. The molecule has 9 heteroatoms. The summed E-state index contributed by atoms with van der Waals surface area (Å²) in [6.45, 7) is 6.48. The second-order valence-electron chi connectivity index (χ2n) is 10.4. The lowest BCUT2D eigenvalue weighted by molar-refractivity contribution is 0.347. The molecule has 0 radical (unpaired) electrons. The van der Waals surface area contributed by atoms with Crippen LogP contribution in [0.2, 0.25) is 5.02 Å². The van der Waals surface area contributed by atoms with Crippen LogP contribution in [0.15, 0.2) is 24.5 Å². The van der Waals surface area contributed by atoms with Gasteiger partial charge in [0, 0.05) is 49.0 Å². The van der Waals surface area contributed by atoms with E-state index in [2.05, 4.69) is 31.4 Å². The molecule has 37 heavy (non-hydrogen) atoms. The Labute approximate surface area is 221 Å². The second-order valence-corrected chi connectivity index (χ2v) is 10.8. The molecule has 0 amide bonds. The van der Waals surface area contributed by atoms with Gasteiger partial charge in [-0.1, -0.05) is 23.7 Å². The Bertz CT molecular complexity index is 1470. The van der Waals surface area contributed by atoms with Gasteiger partial charge in [-0.15, -0.1) is 5.10 Å². The Kier molecular flexibility index (Phi) is 6.53. The van der Waals surface area contributed by atoms with Gasteiger partial charge in [0.25, 0.3) is 0 Å². The maximum absolute atomic E-state index is 16.3. The predicted molar refractivity (Wildman–Crippen MR) is 143 cm³/mol. The van der Waals surface area contributed by atoms with Crippen molar-refractivity contribution >= 4 is 28.3 Å². The van der Waals surface area contributed by atoms with Crippen molar-refractivity contribution in [3.63, 3.8) is 0 Å². The zero-order chi connectivity index (χ0) is 25.5. The van der Waals surface area contributed by atoms with Crippen LogP contribution in [0.4, 0.5) is 10.2 Å². The highest BCUT2D eigenvalue weighted by Crippen LogP contribution is 2.36. The summed E-state index contributed by atoms with van der Waals surface area (Å²) < 4.78 is 18.3. The normalized spacial score (nSPS) is 18.2. The first-order chi connectivity index (χ1) is 18.0. The molecule has 1 atom stereocenters. The SMILES string of the molecule is CCc1nc2c3cnc(c(F)c3n1)-c1cc(C)cc(Cl)c1CCCCc1cn(nn1)CC1CCCN2C1. The van der Waals surface area contributed by atoms with Gasteiger partial charge in [-0.3, -0.25) is 9.67 Å². The van der Waals surface area contributed by atoms with Gasteiger partial charge < -0.3 is 4.90 Å². The standard InChI is InChI=1S/C28H31ClFN7/c1-3-24-32-27-22-13-31-26(25(27)30)21-11-17(2)12-23(29)20(21)9-5-4-8-19-16-37(35-34-19)15-18-7-6-10-36(14-18)28(22)33-24/h11-13,16,18H,3-10,14-15H2,1-2H3. The van der Waals surface area contributed by atoms with E-state index in [0.717, 1.165) is 86.4 Å². The molecule has 7 rings (SSSR count). The van der Waals surface area contributed by atoms with Gasteiger partial charge in [-0.2, -0.15) is 0 Å². The number of benzene rings is 1. The number of nitrogens with zero attached hydrogens (tertiary/aromatic N) is 7. The van der Waals surface area contributed by atoms with Crippen molar-refractivity contribution < 1.29 is 4.39 Å². The summed E-state index contributed by atoms with van der Waals surface area (Å²) in [6.07, 6.45) is 10.0. The van der Waals surface area contributed by atoms with Crippen LogP contribution in [0.1, 0.15) is 55.3 Å². The number of hydrogen-bond donors (Lipinski definition) is 0. The van der Waals surface area contributed by atoms with Crippen molar-refractivity contribution in [2.75, 3.05) is 18.0 Å². The number of fused-ring (bicyclic) bond motifs is 4. The molecular weight excluding hydrogens is 489 g/mol. The molecule has 192 valence electrons. The number of hydrogen-bond acceptors (Lipinski definition) is 6. The lowest BCUT2D eigenvalue weighted by Gasteiger charge is -2.34. The maximum Gasteiger partial charge on any atom is 0.175 e. The van der Waals surface area contributed by atoms with E-state index in [1.54, 1.807) is 6.20 Å². The van der Waals surface area contributed by atoms with Crippen molar-refractivity contribution in [1.82, 2.24) is 29.9 Å². The molecule has 4 aromatic rings. The first-order valence-corrected chi connectivity index (χ1v) is 13.7. The molecular formula is C28H31ClFN7. The van der Waals surface area contributed by atoms with Crippen molar-refractivity contribution in [3.05, 3.63) is 58.0 Å². The zero-order valence-electron chi connectivity index (χ0n) is 21.3. The molecule has 3 aliphatic heterocycles. The first kappa shape index (κ1) is 24.2. The van der Waals surface area contributed by atoms with E-state index in [4.69, 9.17) is 16.6 Å². The van der Waals surface area contributed by atoms with E-state index in [-0.39, 0.29) is 0 Å². The van der Waals surface area contributed by atoms with E-state index < -0.39 is 5.82 Å². The Morgan fingerprint density at radius 1 is 1.11 bits per heavy atom. The Morgan fingerprint density at radius 2 is 1.97 bits per heavy atom. The summed E-state index contributed by atoms with van der Waals surface area (Å²) in [5.74, 6) is 1.41. The lowest BCUT2D eigenvalue weighted by Crippen LogP contribution is -2.38. The third kappa shape index (κ3) is 4.67. The van der Waals surface area contributed by atoms with Gasteiger partial charge in [-0.25, -0.2) is 14.4 Å². The Morgan fingerprint density at radius 3 is 2.84 bits per heavy atom. The molecule has 1 fully saturated rings. The number of piperidine rings is 1. The average molecular weight is 520 g/mol. The van der Waals surface area contributed by atoms with Gasteiger partial charge in [0.1, 0.15) is 22.9 Å². The quantitative estimate of drug-likeness (QED) is 0.319. The highest BCUT2D eigenvalue weighted by atomic mass is 35.5. The number of pyridine rings is 1. The lowest BCUT2D eigenvalue weighted by atomic mass is 9.95. The number of halogens is 2. The molecule has 1 unspecified atom stereocenters. The topological polar surface area (TPSA) is 72.6 Å². The Balaban J connectivity index is 1.54. The van der Waals surface area contributed by atoms with E-state index in [0.29, 0.717) is 39.8 Å². The van der Waals surface area contributed by atoms with Crippen LogP contribution in [-0.2, 0) is 25.8 Å². The highest BCUT2D eigenvalue weighted by Gasteiger charge is 2.26. The van der Waals surface area contributed by atoms with Crippen molar-refractivity contribution in [3.8, 4) is 11.3 Å². The minimum atomic E-state index is -0.402. The molecule has 0 N–H and O–H groups in total. The summed E-state index contributed by atoms with van der Waals surface area (Å²) in [4.78, 5) is 16.5. The van der Waals surface area contributed by atoms with Crippen molar-refractivity contribution in [1.29, 1.82) is 0 Å². The van der Waals surface area contributed by atoms with Crippen LogP contribution < -0.4 is 4.90 Å². The number of anilines is 1. The van der Waals surface area contributed by atoms with E-state index in [1.165, 1.54) is 0 Å². The molecule has 0 spiro atoms. The minimum absolute atomic E-state index is 0.306. The van der Waals surface area contributed by atoms with Crippen LogP contribution in [0.25, 0.3) is 22.2 Å². The average Bonchev–Trinajstić information content (AvgIpc) is 3.33. The Hall–Kier alpha value is -3.13. The molecule has 1 saturated heterocycles. The summed E-state index contributed by atoms with van der Waals surface area (Å²) in [5.41, 5.74) is 4.29. The van der Waals surface area contributed by atoms with E-state index in [9.17, 15) is 0 Å². The van der Waals surface area contributed by atoms with Crippen LogP contribution in [0.3, 0.4) is 0 Å². The number of aryl methyl sites for hydroxylation is 3. The fraction of sp³-hybridized carbons (Fsp3) is 0.464. The maximum atomic E-state index is 16.3. The van der Waals surface area contributed by atoms with Crippen LogP contribution in [-0.4, -0.2) is 43.0 Å². The third-order valence-corrected chi connectivity index (χ3v) is 7.92. The fourth-order valence-electron chi connectivity index (χ4n) is 5.73. The van der Waals surface area contributed by atoms with Crippen molar-refractivity contribution in [2.24, 2.45) is 5.92 Å². The molecule has 0 saturated carbocycles. The van der Waals surface area contributed by atoms with Crippen LogP contribution in [0.5, 0.6) is 0 Å². The summed E-state index contributed by atoms with van der Waals surface area (Å²) in [6, 6.07) is 3.93. The molecule has 7 nitrogen and oxygen atoms in total. The molecule has 8 bridgehead atoms. The highest BCUT2D eigenvalue weighted by molar-refractivity contribution is 6.31. The second kappa shape index (κ2) is 9.97. The first-order valence-electron chi connectivity index (χ1n) is 13.3. The van der Waals surface area contributed by atoms with Crippen molar-refractivity contribution in [2.45, 2.75) is 65.3 Å². The molecule has 3 aromatic heterocycles. The molecule has 1 aromatic carbocycles. The van der Waals surface area contributed by atoms with E-state index in [1.807, 2.05) is 30.7 Å². The van der Waals surface area contributed by atoms with Crippen LogP contribution in [0, 0.1) is 18.7 Å². The number of rotatable bonds is 1. The monoisotopic (exact) mass is 519 g/mol. The van der Waals surface area contributed by atoms with E-state index >= 15 is 4.39 Å². The van der Waals surface area contributed by atoms with Crippen LogP contribution >= 0.6 is 11.6 Å². The van der Waals surface area contributed by atoms with Gasteiger partial charge >= 0.3 is 0 Å². The fourth-order valence-corrected chi connectivity index (χ4v) is 6.10. The van der Waals surface area contributed by atoms with Gasteiger partial charge in [0.05, 0.1) is 11.1 Å². The third-order valence-electron chi connectivity index (χ3n) is 7.58. The number of aromatic nitrogens is 6. The van der Waals surface area contributed by atoms with Gasteiger partial charge in [-0.05, 0) is 74.6 Å². The molecule has 6 heterocycles. The summed E-state index contributed by atoms with van der Waals surface area (Å²) in [7, 11) is 0. The van der Waals surface area contributed by atoms with Gasteiger partial charge in [0.15, 0.2) is 5.82 Å². The largest absolute Gasteiger partial charge is 0.356 e. The summed E-state index contributed by atoms with van der Waals surface area (Å²) in [5, 5.41) is 10.1. The predicted octanol–water partition coefficient (Wildman–Crippen LogP) is 5.74.